The van der Waals surface area contributed by atoms with Crippen molar-refractivity contribution in [1.82, 2.24) is 5.32 Å². The van der Waals surface area contributed by atoms with Crippen molar-refractivity contribution in [2.24, 2.45) is 0 Å². The summed E-state index contributed by atoms with van der Waals surface area (Å²) in [5.41, 5.74) is 3.13. The molecule has 1 N–H and O–H groups in total. The molecule has 1 nitrogen and oxygen atoms in total. The number of likely N-dealkylation sites (N-methyl/N-ethyl adjacent to an activating group) is 1. The lowest BCUT2D eigenvalue weighted by Crippen LogP contribution is -2.23. The molecule has 0 heterocycles. The molecule has 3 heteroatoms. The van der Waals surface area contributed by atoms with Crippen LogP contribution in [0.4, 0.5) is 4.39 Å². The van der Waals surface area contributed by atoms with Gasteiger partial charge in [0.15, 0.2) is 0 Å². The van der Waals surface area contributed by atoms with Gasteiger partial charge in [0.2, 0.25) is 0 Å². The van der Waals surface area contributed by atoms with Gasteiger partial charge in [0, 0.05) is 6.04 Å². The fraction of sp³-hybridized carbons (Fsp3) is 0.333. The Balaban J connectivity index is 2.28. The minimum Gasteiger partial charge on any atom is -0.310 e. The Labute approximate surface area is 131 Å². The Hall–Kier alpha value is -1.38. The zero-order chi connectivity index (χ0) is 15.2. The Bertz CT molecular complexity index is 598. The van der Waals surface area contributed by atoms with Crippen LogP contribution in [-0.2, 0) is 12.8 Å². The van der Waals surface area contributed by atoms with Gasteiger partial charge in [0.25, 0.3) is 0 Å². The van der Waals surface area contributed by atoms with Gasteiger partial charge in [-0.25, -0.2) is 4.39 Å². The van der Waals surface area contributed by atoms with Crippen LogP contribution in [0.15, 0.2) is 42.5 Å². The maximum absolute atomic E-state index is 14.1. The van der Waals surface area contributed by atoms with Crippen molar-refractivity contribution in [1.29, 1.82) is 0 Å². The summed E-state index contributed by atoms with van der Waals surface area (Å²) in [6.45, 7) is 5.03. The molecule has 0 aliphatic carbocycles. The monoisotopic (exact) mass is 305 g/mol. The van der Waals surface area contributed by atoms with Crippen LogP contribution in [-0.4, -0.2) is 6.54 Å². The molecule has 2 aromatic carbocycles. The van der Waals surface area contributed by atoms with Crippen molar-refractivity contribution in [3.05, 3.63) is 70.0 Å². The predicted octanol–water partition coefficient (Wildman–Crippen LogP) is 4.93. The quantitative estimate of drug-likeness (QED) is 0.797. The van der Waals surface area contributed by atoms with Crippen LogP contribution in [0.1, 0.15) is 36.6 Å². The molecule has 2 rings (SSSR count). The summed E-state index contributed by atoms with van der Waals surface area (Å²) in [4.78, 5) is 0. The number of hydrogen-bond donors (Lipinski definition) is 1. The van der Waals surface area contributed by atoms with Gasteiger partial charge in [-0.15, -0.1) is 0 Å². The number of halogens is 2. The van der Waals surface area contributed by atoms with Crippen LogP contribution in [0, 0.1) is 5.82 Å². The average molecular weight is 306 g/mol. The normalized spacial score (nSPS) is 12.4. The molecule has 0 bridgehead atoms. The second-order valence-corrected chi connectivity index (χ2v) is 5.53. The van der Waals surface area contributed by atoms with Crippen LogP contribution in [0.3, 0.4) is 0 Å². The van der Waals surface area contributed by atoms with E-state index in [1.807, 2.05) is 0 Å². The van der Waals surface area contributed by atoms with Crippen LogP contribution in [0.25, 0.3) is 0 Å². The molecule has 0 saturated carbocycles. The van der Waals surface area contributed by atoms with Crippen LogP contribution < -0.4 is 5.32 Å². The van der Waals surface area contributed by atoms with Gasteiger partial charge < -0.3 is 5.32 Å². The van der Waals surface area contributed by atoms with Crippen LogP contribution in [0.5, 0.6) is 0 Å². The second-order valence-electron chi connectivity index (χ2n) is 5.13. The highest BCUT2D eigenvalue weighted by atomic mass is 35.5. The lowest BCUT2D eigenvalue weighted by atomic mass is 9.96. The molecule has 0 spiro atoms. The van der Waals surface area contributed by atoms with Gasteiger partial charge in [-0.2, -0.15) is 0 Å². The lowest BCUT2D eigenvalue weighted by Gasteiger charge is -2.20. The molecule has 21 heavy (non-hydrogen) atoms. The second kappa shape index (κ2) is 7.58. The van der Waals surface area contributed by atoms with Gasteiger partial charge in [-0.3, -0.25) is 0 Å². The third kappa shape index (κ3) is 4.05. The predicted molar refractivity (Wildman–Crippen MR) is 87.4 cm³/mol. The first-order chi connectivity index (χ1) is 10.2. The number of benzene rings is 2. The molecular weight excluding hydrogens is 285 g/mol. The van der Waals surface area contributed by atoms with Gasteiger partial charge in [0.05, 0.1) is 5.02 Å². The summed E-state index contributed by atoms with van der Waals surface area (Å²) < 4.78 is 14.1. The molecular formula is C18H21ClFN. The Kier molecular flexibility index (Phi) is 5.77. The Morgan fingerprint density at radius 3 is 2.62 bits per heavy atom. The van der Waals surface area contributed by atoms with E-state index >= 15 is 0 Å². The topological polar surface area (TPSA) is 12.0 Å². The molecule has 0 fully saturated rings. The molecule has 0 aromatic heterocycles. The van der Waals surface area contributed by atoms with Crippen molar-refractivity contribution in [3.63, 3.8) is 0 Å². The van der Waals surface area contributed by atoms with Gasteiger partial charge in [-0.1, -0.05) is 61.8 Å². The van der Waals surface area contributed by atoms with Crippen molar-refractivity contribution in [2.75, 3.05) is 6.54 Å². The largest absolute Gasteiger partial charge is 0.310 e. The molecule has 112 valence electrons. The third-order valence-corrected chi connectivity index (χ3v) is 3.96. The van der Waals surface area contributed by atoms with Crippen molar-refractivity contribution >= 4 is 11.6 Å². The zero-order valence-electron chi connectivity index (χ0n) is 12.5. The van der Waals surface area contributed by atoms with Crippen molar-refractivity contribution in [2.45, 2.75) is 32.7 Å². The smallest absolute Gasteiger partial charge is 0.145 e. The highest BCUT2D eigenvalue weighted by Crippen LogP contribution is 2.24. The highest BCUT2D eigenvalue weighted by molar-refractivity contribution is 6.30. The Morgan fingerprint density at radius 2 is 1.90 bits per heavy atom. The summed E-state index contributed by atoms with van der Waals surface area (Å²) in [6, 6.07) is 13.7. The van der Waals surface area contributed by atoms with E-state index in [1.54, 1.807) is 18.2 Å². The number of rotatable bonds is 6. The van der Waals surface area contributed by atoms with Gasteiger partial charge >= 0.3 is 0 Å². The van der Waals surface area contributed by atoms with E-state index in [0.29, 0.717) is 12.0 Å². The van der Waals surface area contributed by atoms with Crippen molar-refractivity contribution < 1.29 is 4.39 Å². The average Bonchev–Trinajstić information content (AvgIpc) is 2.51. The van der Waals surface area contributed by atoms with E-state index in [0.717, 1.165) is 13.0 Å². The molecule has 0 radical (unpaired) electrons. The molecule has 0 saturated heterocycles. The minimum absolute atomic E-state index is 0.0921. The molecule has 2 aromatic rings. The van der Waals surface area contributed by atoms with Crippen LogP contribution in [0.2, 0.25) is 5.02 Å². The first-order valence-corrected chi connectivity index (χ1v) is 7.78. The summed E-state index contributed by atoms with van der Waals surface area (Å²) in [7, 11) is 0. The molecule has 1 unspecified atom stereocenters. The molecule has 0 aliphatic rings. The summed E-state index contributed by atoms with van der Waals surface area (Å²) in [6.07, 6.45) is 1.59. The van der Waals surface area contributed by atoms with Gasteiger partial charge in [-0.05, 0) is 42.1 Å². The van der Waals surface area contributed by atoms with E-state index < -0.39 is 0 Å². The number of aryl methyl sites for hydroxylation is 1. The maximum atomic E-state index is 14.1. The standard InChI is InChI=1S/C18H21ClFN/c1-3-13-7-5-8-14(11-13)17(21-4-2)12-15-9-6-10-16(19)18(15)20/h5-11,17,21H,3-4,12H2,1-2H3. The number of hydrogen-bond acceptors (Lipinski definition) is 1. The van der Waals surface area contributed by atoms with E-state index in [1.165, 1.54) is 11.1 Å². The zero-order valence-corrected chi connectivity index (χ0v) is 13.3. The third-order valence-electron chi connectivity index (χ3n) is 3.67. The van der Waals surface area contributed by atoms with Crippen molar-refractivity contribution in [3.8, 4) is 0 Å². The fourth-order valence-electron chi connectivity index (χ4n) is 2.51. The fourth-order valence-corrected chi connectivity index (χ4v) is 2.70. The van der Waals surface area contributed by atoms with Gasteiger partial charge in [0.1, 0.15) is 5.82 Å². The first kappa shape index (κ1) is 16.0. The van der Waals surface area contributed by atoms with E-state index in [9.17, 15) is 4.39 Å². The molecule has 1 atom stereocenters. The summed E-state index contributed by atoms with van der Waals surface area (Å²) in [5.74, 6) is -0.311. The SMILES string of the molecule is CCNC(Cc1cccc(Cl)c1F)c1cccc(CC)c1. The number of nitrogens with one attached hydrogen (secondary N) is 1. The Morgan fingerprint density at radius 1 is 1.14 bits per heavy atom. The van der Waals surface area contributed by atoms with E-state index in [-0.39, 0.29) is 16.9 Å². The maximum Gasteiger partial charge on any atom is 0.145 e. The minimum atomic E-state index is -0.311. The highest BCUT2D eigenvalue weighted by Gasteiger charge is 2.15. The lowest BCUT2D eigenvalue weighted by molar-refractivity contribution is 0.528. The van der Waals surface area contributed by atoms with E-state index in [2.05, 4.69) is 43.4 Å². The first-order valence-electron chi connectivity index (χ1n) is 7.40. The van der Waals surface area contributed by atoms with Crippen LogP contribution >= 0.6 is 11.6 Å². The molecule has 0 amide bonds. The molecule has 0 aliphatic heterocycles. The summed E-state index contributed by atoms with van der Waals surface area (Å²) >= 11 is 5.87. The summed E-state index contributed by atoms with van der Waals surface area (Å²) in [5, 5.41) is 3.62. The van der Waals surface area contributed by atoms with E-state index in [4.69, 9.17) is 11.6 Å².